The van der Waals surface area contributed by atoms with E-state index in [0.29, 0.717) is 34.9 Å². The highest BCUT2D eigenvalue weighted by atomic mass is 16.4. The van der Waals surface area contributed by atoms with Gasteiger partial charge in [0.2, 0.25) is 53.2 Å². The van der Waals surface area contributed by atoms with Gasteiger partial charge < -0.3 is 108 Å². The standard InChI is InChI=1S/C61H94N20O14/c1-6-32(4)48(56(92)77-43(29-46(83)84)52(88)73-33(5)49(85)74-41(17-11-25-71-61(67)68)51(87)79-47(31(2)3)55(91)78-44(58(94)95)27-34-19-21-36(82)22-20-34)80-53(89)42(28-35-30-72-39-15-8-7-13-37(35)39)76-50(86)40(16-10-24-70-60(65)66)75-54(90)45-18-12-26-81(45)57(93)38(62)14-9-23-69-59(63)64/h7-8,13,15,19-22,30-33,38,40-45,47-48,72,82H,6,9-12,14,16-18,23-29,62H2,1-5H3,(H,73,88)(H,74,85)(H,75,90)(H,76,86)(H,77,92)(H,78,91)(H,79,87)(H,80,89)(H,83,84)(H,94,95)(H4,63,64,69)(H4,65,66,70)(H4,67,68,71)/t32-,33-,38-,40-,41-,42-,43-,44-,45-,47-,48-/m0/s1. The number of carboxylic acid groups (broad SMARTS) is 2. The molecule has 11 atom stereocenters. The molecule has 0 unspecified atom stereocenters. The molecule has 34 heteroatoms. The number of nitrogens with zero attached hydrogens (tertiary/aromatic N) is 4. The number of phenolic OH excluding ortho intramolecular Hbond substituents is 1. The predicted molar refractivity (Wildman–Crippen MR) is 352 cm³/mol. The number of guanidine groups is 3. The van der Waals surface area contributed by atoms with Crippen molar-refractivity contribution in [3.8, 4) is 5.75 Å². The van der Waals surface area contributed by atoms with Crippen molar-refractivity contribution >= 4 is 93.9 Å². The van der Waals surface area contributed by atoms with E-state index in [-0.39, 0.29) is 108 Å². The number of carbonyl (C=O) groups is 11. The van der Waals surface area contributed by atoms with Gasteiger partial charge >= 0.3 is 11.9 Å². The number of para-hydroxylation sites is 1. The minimum atomic E-state index is -1.89. The molecular weight excluding hydrogens is 1240 g/mol. The molecule has 522 valence electrons. The summed E-state index contributed by atoms with van der Waals surface area (Å²) in [6.07, 6.45) is 1.78. The number of amides is 9. The summed E-state index contributed by atoms with van der Waals surface area (Å²) in [6, 6.07) is -1.27. The first-order valence-electron chi connectivity index (χ1n) is 31.3. The van der Waals surface area contributed by atoms with Crippen molar-refractivity contribution in [2.45, 2.75) is 172 Å². The molecule has 9 amide bonds. The molecule has 0 saturated carbocycles. The zero-order valence-electron chi connectivity index (χ0n) is 54.1. The first-order chi connectivity index (χ1) is 44.9. The highest BCUT2D eigenvalue weighted by molar-refractivity contribution is 6.00. The third kappa shape index (κ3) is 25.3. The van der Waals surface area contributed by atoms with Crippen LogP contribution in [-0.4, -0.2) is 195 Å². The Hall–Kier alpha value is -10.3. The van der Waals surface area contributed by atoms with E-state index >= 15 is 0 Å². The molecule has 1 saturated heterocycles. The number of aliphatic imine (C=N–C) groups is 3. The van der Waals surface area contributed by atoms with Gasteiger partial charge in [-0.3, -0.25) is 62.9 Å². The number of benzene rings is 2. The van der Waals surface area contributed by atoms with Crippen LogP contribution in [0.3, 0.4) is 0 Å². The lowest BCUT2D eigenvalue weighted by Gasteiger charge is -2.30. The molecule has 4 rings (SSSR count). The third-order valence-corrected chi connectivity index (χ3v) is 15.8. The summed E-state index contributed by atoms with van der Waals surface area (Å²) in [7, 11) is 0. The molecule has 1 aliphatic rings. The molecule has 0 spiro atoms. The van der Waals surface area contributed by atoms with E-state index < -0.39 is 144 Å². The van der Waals surface area contributed by atoms with Crippen LogP contribution in [0, 0.1) is 11.8 Å². The number of hydrogen-bond acceptors (Lipinski definition) is 16. The zero-order chi connectivity index (χ0) is 70.6. The number of H-pyrrole nitrogens is 1. The fraction of sp³-hybridized carbons (Fsp3) is 0.541. The Bertz CT molecular complexity index is 3240. The Morgan fingerprint density at radius 2 is 1.09 bits per heavy atom. The van der Waals surface area contributed by atoms with E-state index in [9.17, 15) is 68.1 Å². The molecule has 2 aromatic carbocycles. The van der Waals surface area contributed by atoms with Gasteiger partial charge in [0.05, 0.1) is 12.5 Å². The van der Waals surface area contributed by atoms with Gasteiger partial charge in [-0.1, -0.05) is 64.4 Å². The first kappa shape index (κ1) is 77.2. The fourth-order valence-corrected chi connectivity index (χ4v) is 10.4. The van der Waals surface area contributed by atoms with Crippen molar-refractivity contribution in [2.24, 2.45) is 66.9 Å². The highest BCUT2D eigenvalue weighted by Gasteiger charge is 2.40. The van der Waals surface area contributed by atoms with Crippen LogP contribution in [0.5, 0.6) is 5.75 Å². The van der Waals surface area contributed by atoms with Gasteiger partial charge in [-0.05, 0) is 99.5 Å². The van der Waals surface area contributed by atoms with Crippen LogP contribution in [0.15, 0.2) is 69.7 Å². The zero-order valence-corrected chi connectivity index (χ0v) is 54.1. The third-order valence-electron chi connectivity index (χ3n) is 15.8. The van der Waals surface area contributed by atoms with Crippen molar-refractivity contribution < 1.29 is 68.1 Å². The van der Waals surface area contributed by atoms with E-state index in [1.165, 1.54) is 36.1 Å². The Labute approximate surface area is 549 Å². The van der Waals surface area contributed by atoms with E-state index in [4.69, 9.17) is 40.1 Å². The molecule has 26 N–H and O–H groups in total. The molecule has 0 bridgehead atoms. The number of carboxylic acids is 2. The van der Waals surface area contributed by atoms with E-state index in [0.717, 1.165) is 0 Å². The molecule has 1 fully saturated rings. The molecule has 95 heavy (non-hydrogen) atoms. The molecule has 0 aliphatic carbocycles. The molecular formula is C61H94N20O14. The summed E-state index contributed by atoms with van der Waals surface area (Å²) in [5.41, 5.74) is 41.0. The topological polar surface area (TPSA) is 583 Å². The predicted octanol–water partition coefficient (Wildman–Crippen LogP) is -3.70. The van der Waals surface area contributed by atoms with Gasteiger partial charge in [0.15, 0.2) is 17.9 Å². The number of rotatable bonds is 39. The minimum absolute atomic E-state index is 0.00951. The fourth-order valence-electron chi connectivity index (χ4n) is 10.4. The van der Waals surface area contributed by atoms with Crippen molar-refractivity contribution in [1.82, 2.24) is 52.4 Å². The van der Waals surface area contributed by atoms with Crippen LogP contribution in [0.25, 0.3) is 10.9 Å². The highest BCUT2D eigenvalue weighted by Crippen LogP contribution is 2.23. The number of aliphatic carboxylic acids is 2. The number of aromatic hydroxyl groups is 1. The average molecular weight is 1330 g/mol. The minimum Gasteiger partial charge on any atom is -0.508 e. The number of phenols is 1. The number of carbonyl (C=O) groups excluding carboxylic acids is 9. The van der Waals surface area contributed by atoms with Crippen LogP contribution in [0.1, 0.15) is 110 Å². The Morgan fingerprint density at radius 3 is 1.66 bits per heavy atom. The summed E-state index contributed by atoms with van der Waals surface area (Å²) in [4.78, 5) is 169. The van der Waals surface area contributed by atoms with E-state index in [1.54, 1.807) is 58.2 Å². The average Bonchev–Trinajstić information content (AvgIpc) is 1.76. The molecule has 34 nitrogen and oxygen atoms in total. The van der Waals surface area contributed by atoms with Crippen LogP contribution >= 0.6 is 0 Å². The summed E-state index contributed by atoms with van der Waals surface area (Å²) < 4.78 is 0. The maximum Gasteiger partial charge on any atom is 0.326 e. The maximum atomic E-state index is 14.9. The molecule has 0 radical (unpaired) electrons. The van der Waals surface area contributed by atoms with Gasteiger partial charge in [-0.15, -0.1) is 0 Å². The van der Waals surface area contributed by atoms with Crippen LogP contribution in [0.2, 0.25) is 0 Å². The van der Waals surface area contributed by atoms with Crippen molar-refractivity contribution in [3.63, 3.8) is 0 Å². The monoisotopic (exact) mass is 1330 g/mol. The lowest BCUT2D eigenvalue weighted by atomic mass is 9.96. The first-order valence-corrected chi connectivity index (χ1v) is 31.3. The summed E-state index contributed by atoms with van der Waals surface area (Å²) in [5.74, 6) is -12.9. The van der Waals surface area contributed by atoms with Crippen LogP contribution < -0.4 is 82.7 Å². The molecule has 2 heterocycles. The number of nitrogens with one attached hydrogen (secondary N) is 9. The number of aromatic amines is 1. The normalized spacial score (nSPS) is 15.9. The van der Waals surface area contributed by atoms with Crippen molar-refractivity contribution in [2.75, 3.05) is 26.2 Å². The Balaban J connectivity index is 1.58. The van der Waals surface area contributed by atoms with Gasteiger partial charge in [0, 0.05) is 56.1 Å². The Morgan fingerprint density at radius 1 is 0.589 bits per heavy atom. The van der Waals surface area contributed by atoms with E-state index in [2.05, 4.69) is 62.5 Å². The second-order valence-corrected chi connectivity index (χ2v) is 23.7. The second kappa shape index (κ2) is 38.0. The number of fused-ring (bicyclic) bond motifs is 1. The summed E-state index contributed by atoms with van der Waals surface area (Å²) in [5, 5.41) is 50.9. The molecule has 1 aliphatic heterocycles. The molecule has 3 aromatic rings. The number of likely N-dealkylation sites (tertiary alicyclic amines) is 1. The largest absolute Gasteiger partial charge is 0.508 e. The van der Waals surface area contributed by atoms with Gasteiger partial charge in [0.1, 0.15) is 60.1 Å². The quantitative estimate of drug-likeness (QED) is 0.0148. The van der Waals surface area contributed by atoms with E-state index in [1.807, 2.05) is 0 Å². The van der Waals surface area contributed by atoms with Gasteiger partial charge in [-0.25, -0.2) is 4.79 Å². The lowest BCUT2D eigenvalue weighted by molar-refractivity contribution is -0.143. The summed E-state index contributed by atoms with van der Waals surface area (Å²) in [6.45, 7) is 8.14. The number of hydrogen-bond donors (Lipinski definition) is 19. The number of aromatic nitrogens is 1. The SMILES string of the molecule is CC[C@H](C)[C@H](NC(=O)[C@H](Cc1c[nH]c2ccccc12)NC(=O)[C@H](CCCN=C(N)N)NC(=O)[C@@H]1CCCN1C(=O)[C@@H](N)CCCN=C(N)N)C(=O)N[C@@H](CC(=O)O)C(=O)N[C@@H](C)C(=O)N[C@@H](CCCN=C(N)N)C(=O)N[C@H](C(=O)N[C@@H](Cc1ccc(O)cc1)C(=O)O)C(C)C. The van der Waals surface area contributed by atoms with Crippen LogP contribution in [-0.2, 0) is 65.6 Å². The van der Waals surface area contributed by atoms with Crippen LogP contribution in [0.4, 0.5) is 0 Å². The maximum absolute atomic E-state index is 14.9. The lowest BCUT2D eigenvalue weighted by Crippen LogP contribution is -2.61. The smallest absolute Gasteiger partial charge is 0.326 e. The second-order valence-electron chi connectivity index (χ2n) is 23.7. The Kier molecular flexibility index (Phi) is 30.9. The van der Waals surface area contributed by atoms with Crippen molar-refractivity contribution in [3.05, 3.63) is 65.9 Å². The van der Waals surface area contributed by atoms with Gasteiger partial charge in [0.25, 0.3) is 0 Å². The van der Waals surface area contributed by atoms with Gasteiger partial charge in [-0.2, -0.15) is 0 Å². The number of nitrogens with two attached hydrogens (primary N) is 7. The molecule has 1 aromatic heterocycles. The summed E-state index contributed by atoms with van der Waals surface area (Å²) >= 11 is 0. The van der Waals surface area contributed by atoms with Crippen molar-refractivity contribution in [1.29, 1.82) is 0 Å².